The van der Waals surface area contributed by atoms with Crippen LogP contribution in [0.3, 0.4) is 0 Å². The van der Waals surface area contributed by atoms with Gasteiger partial charge in [-0.25, -0.2) is 0 Å². The van der Waals surface area contributed by atoms with Gasteiger partial charge in [0, 0.05) is 24.5 Å². The summed E-state index contributed by atoms with van der Waals surface area (Å²) in [7, 11) is 0. The van der Waals surface area contributed by atoms with Gasteiger partial charge in [-0.2, -0.15) is 0 Å². The smallest absolute Gasteiger partial charge is 0.0340 e. The molecule has 2 aliphatic rings. The summed E-state index contributed by atoms with van der Waals surface area (Å²) < 4.78 is 0. The lowest BCUT2D eigenvalue weighted by atomic mass is 9.89. The first-order valence-corrected chi connectivity index (χ1v) is 5.76. The van der Waals surface area contributed by atoms with E-state index in [0.717, 1.165) is 18.0 Å². The summed E-state index contributed by atoms with van der Waals surface area (Å²) in [6, 6.07) is 5.62. The number of pyridine rings is 1. The Kier molecular flexibility index (Phi) is 2.29. The first-order valence-electron chi connectivity index (χ1n) is 5.76. The van der Waals surface area contributed by atoms with Crippen molar-refractivity contribution in [2.24, 2.45) is 5.92 Å². The van der Waals surface area contributed by atoms with Crippen molar-refractivity contribution in [2.45, 2.75) is 31.3 Å². The third kappa shape index (κ3) is 1.82. The molecule has 1 aromatic heterocycles. The summed E-state index contributed by atoms with van der Waals surface area (Å²) >= 11 is 0. The molecule has 0 aliphatic carbocycles. The number of nitrogens with zero attached hydrogens (tertiary/aromatic N) is 1. The van der Waals surface area contributed by atoms with E-state index >= 15 is 0 Å². The van der Waals surface area contributed by atoms with E-state index < -0.39 is 0 Å². The molecular weight excluding hydrogens is 184 g/mol. The van der Waals surface area contributed by atoms with Crippen LogP contribution in [0, 0.1) is 5.92 Å². The van der Waals surface area contributed by atoms with Crippen molar-refractivity contribution in [1.29, 1.82) is 0 Å². The second-order valence-electron chi connectivity index (χ2n) is 4.59. The maximum absolute atomic E-state index is 4.11. The number of hydrogen-bond donors (Lipinski definition) is 1. The maximum Gasteiger partial charge on any atom is 0.0340 e. The summed E-state index contributed by atoms with van der Waals surface area (Å²) in [6.07, 6.45) is 12.3. The second kappa shape index (κ2) is 3.78. The minimum absolute atomic E-state index is 0.739. The maximum atomic E-state index is 4.11. The molecule has 3 atom stereocenters. The molecule has 0 aromatic carbocycles. The molecule has 2 fully saturated rings. The van der Waals surface area contributed by atoms with Crippen LogP contribution in [0.4, 0.5) is 0 Å². The van der Waals surface area contributed by atoms with E-state index in [1.165, 1.54) is 24.8 Å². The van der Waals surface area contributed by atoms with Crippen molar-refractivity contribution in [2.75, 3.05) is 0 Å². The Morgan fingerprint density at radius 3 is 3.07 bits per heavy atom. The van der Waals surface area contributed by atoms with Gasteiger partial charge in [0.15, 0.2) is 0 Å². The zero-order chi connectivity index (χ0) is 10.1. The van der Waals surface area contributed by atoms with Gasteiger partial charge in [0.1, 0.15) is 0 Å². The lowest BCUT2D eigenvalue weighted by molar-refractivity contribution is 0.481. The summed E-state index contributed by atoms with van der Waals surface area (Å²) in [5.74, 6) is 0.740. The molecule has 2 heteroatoms. The molecule has 3 rings (SSSR count). The van der Waals surface area contributed by atoms with E-state index in [-0.39, 0.29) is 0 Å². The summed E-state index contributed by atoms with van der Waals surface area (Å²) in [6.45, 7) is 0. The number of fused-ring (bicyclic) bond motifs is 2. The SMILES string of the molecule is C(=C/C1CC2CCC1N2)/c1cccnc1. The third-order valence-electron chi connectivity index (χ3n) is 3.57. The Hall–Kier alpha value is -1.15. The minimum atomic E-state index is 0.739. The van der Waals surface area contributed by atoms with Gasteiger partial charge in [-0.3, -0.25) is 4.98 Å². The molecule has 1 N–H and O–H groups in total. The van der Waals surface area contributed by atoms with Gasteiger partial charge < -0.3 is 5.32 Å². The second-order valence-corrected chi connectivity index (χ2v) is 4.59. The number of aromatic nitrogens is 1. The zero-order valence-corrected chi connectivity index (χ0v) is 8.76. The van der Waals surface area contributed by atoms with Gasteiger partial charge in [-0.1, -0.05) is 18.2 Å². The van der Waals surface area contributed by atoms with Gasteiger partial charge >= 0.3 is 0 Å². The summed E-state index contributed by atoms with van der Waals surface area (Å²) in [4.78, 5) is 4.11. The Balaban J connectivity index is 1.68. The number of nitrogens with one attached hydrogen (secondary N) is 1. The molecule has 0 amide bonds. The molecule has 3 unspecified atom stereocenters. The van der Waals surface area contributed by atoms with Crippen LogP contribution in [0.25, 0.3) is 6.08 Å². The van der Waals surface area contributed by atoms with Crippen LogP contribution in [0.2, 0.25) is 0 Å². The Labute approximate surface area is 90.4 Å². The van der Waals surface area contributed by atoms with Crippen LogP contribution in [0.15, 0.2) is 30.6 Å². The quantitative estimate of drug-likeness (QED) is 0.792. The molecule has 15 heavy (non-hydrogen) atoms. The van der Waals surface area contributed by atoms with Crippen LogP contribution in [0.1, 0.15) is 24.8 Å². The lowest BCUT2D eigenvalue weighted by Crippen LogP contribution is -2.21. The van der Waals surface area contributed by atoms with E-state index in [4.69, 9.17) is 0 Å². The van der Waals surface area contributed by atoms with Crippen LogP contribution >= 0.6 is 0 Å². The predicted molar refractivity (Wildman–Crippen MR) is 61.3 cm³/mol. The predicted octanol–water partition coefficient (Wildman–Crippen LogP) is 2.24. The molecule has 2 saturated heterocycles. The molecule has 1 aromatic rings. The molecule has 0 saturated carbocycles. The average Bonchev–Trinajstić information content (AvgIpc) is 2.89. The number of rotatable bonds is 2. The van der Waals surface area contributed by atoms with Crippen LogP contribution in [-0.4, -0.2) is 17.1 Å². The fourth-order valence-electron chi connectivity index (χ4n) is 2.79. The van der Waals surface area contributed by atoms with Crippen LogP contribution in [0.5, 0.6) is 0 Å². The minimum Gasteiger partial charge on any atom is -0.311 e. The number of hydrogen-bond acceptors (Lipinski definition) is 2. The Morgan fingerprint density at radius 1 is 1.40 bits per heavy atom. The third-order valence-corrected chi connectivity index (χ3v) is 3.57. The zero-order valence-electron chi connectivity index (χ0n) is 8.76. The standard InChI is InChI=1S/C13H16N2/c1-2-10(9-14-7-1)3-4-11-8-12-5-6-13(11)15-12/h1-4,7,9,11-13,15H,5-6,8H2/b4-3-. The van der Waals surface area contributed by atoms with Gasteiger partial charge in [0.25, 0.3) is 0 Å². The molecule has 0 radical (unpaired) electrons. The topological polar surface area (TPSA) is 24.9 Å². The highest BCUT2D eigenvalue weighted by molar-refractivity contribution is 5.48. The average molecular weight is 200 g/mol. The van der Waals surface area contributed by atoms with Gasteiger partial charge in [0.2, 0.25) is 0 Å². The van der Waals surface area contributed by atoms with E-state index in [1.54, 1.807) is 0 Å². The molecule has 2 nitrogen and oxygen atoms in total. The van der Waals surface area contributed by atoms with Crippen LogP contribution < -0.4 is 5.32 Å². The van der Waals surface area contributed by atoms with Crippen molar-refractivity contribution in [3.05, 3.63) is 36.2 Å². The van der Waals surface area contributed by atoms with Crippen LogP contribution in [-0.2, 0) is 0 Å². The normalized spacial score (nSPS) is 34.0. The van der Waals surface area contributed by atoms with Gasteiger partial charge in [0.05, 0.1) is 0 Å². The van der Waals surface area contributed by atoms with E-state index in [1.807, 2.05) is 18.5 Å². The Morgan fingerprint density at radius 2 is 2.40 bits per heavy atom. The lowest BCUT2D eigenvalue weighted by Gasteiger charge is -2.15. The molecule has 2 bridgehead atoms. The summed E-state index contributed by atoms with van der Waals surface area (Å²) in [5, 5.41) is 3.65. The first-order chi connectivity index (χ1) is 7.42. The van der Waals surface area contributed by atoms with E-state index in [9.17, 15) is 0 Å². The van der Waals surface area contributed by atoms with Crippen molar-refractivity contribution in [3.8, 4) is 0 Å². The fourth-order valence-corrected chi connectivity index (χ4v) is 2.79. The van der Waals surface area contributed by atoms with Crippen molar-refractivity contribution < 1.29 is 0 Å². The highest BCUT2D eigenvalue weighted by Crippen LogP contribution is 2.34. The van der Waals surface area contributed by atoms with Gasteiger partial charge in [-0.15, -0.1) is 0 Å². The monoisotopic (exact) mass is 200 g/mol. The largest absolute Gasteiger partial charge is 0.311 e. The fraction of sp³-hybridized carbons (Fsp3) is 0.462. The molecule has 78 valence electrons. The molecule has 2 aliphatic heterocycles. The molecule has 0 spiro atoms. The summed E-state index contributed by atoms with van der Waals surface area (Å²) in [5.41, 5.74) is 1.21. The van der Waals surface area contributed by atoms with Crippen molar-refractivity contribution in [1.82, 2.24) is 10.3 Å². The molecular formula is C13H16N2. The molecule has 3 heterocycles. The Bertz CT molecular complexity index is 358. The van der Waals surface area contributed by atoms with Crippen molar-refractivity contribution >= 4 is 6.08 Å². The van der Waals surface area contributed by atoms with E-state index in [2.05, 4.69) is 28.5 Å². The highest BCUT2D eigenvalue weighted by atomic mass is 15.0. The van der Waals surface area contributed by atoms with E-state index in [0.29, 0.717) is 0 Å². The highest BCUT2D eigenvalue weighted by Gasteiger charge is 2.37. The van der Waals surface area contributed by atoms with Crippen molar-refractivity contribution in [3.63, 3.8) is 0 Å². The van der Waals surface area contributed by atoms with Gasteiger partial charge in [-0.05, 0) is 36.8 Å². The first kappa shape index (κ1) is 9.10.